The molecule has 0 heterocycles. The first-order valence-corrected chi connectivity index (χ1v) is 6.58. The highest BCUT2D eigenvalue weighted by atomic mass is 79.9. The van der Waals surface area contributed by atoms with Gasteiger partial charge in [-0.25, -0.2) is 0 Å². The molecule has 0 saturated heterocycles. The smallest absolute Gasteiger partial charge is 0.123 e. The molecule has 3 heteroatoms. The van der Waals surface area contributed by atoms with Crippen molar-refractivity contribution < 1.29 is 4.74 Å². The molecule has 0 atom stereocenters. The van der Waals surface area contributed by atoms with E-state index < -0.39 is 0 Å². The second-order valence-electron chi connectivity index (χ2n) is 4.15. The number of halogens is 1. The number of rotatable bonds is 4. The molecule has 0 N–H and O–H groups in total. The maximum absolute atomic E-state index is 5.39. The summed E-state index contributed by atoms with van der Waals surface area (Å²) in [6.45, 7) is 0.812. The first-order valence-electron chi connectivity index (χ1n) is 5.79. The van der Waals surface area contributed by atoms with Gasteiger partial charge < -0.3 is 9.64 Å². The summed E-state index contributed by atoms with van der Waals surface area (Å²) < 4.78 is 6.46. The Kier molecular flexibility index (Phi) is 4.26. The van der Waals surface area contributed by atoms with Crippen LogP contribution in [-0.4, -0.2) is 14.2 Å². The number of methoxy groups -OCH3 is 1. The van der Waals surface area contributed by atoms with E-state index in [9.17, 15) is 0 Å². The van der Waals surface area contributed by atoms with E-state index in [0.717, 1.165) is 16.8 Å². The summed E-state index contributed by atoms with van der Waals surface area (Å²) in [6.07, 6.45) is 0. The third kappa shape index (κ3) is 3.05. The number of nitrogens with zero attached hydrogens (tertiary/aromatic N) is 1. The molecule has 0 saturated carbocycles. The van der Waals surface area contributed by atoms with Crippen molar-refractivity contribution in [3.05, 3.63) is 58.6 Å². The minimum absolute atomic E-state index is 0.812. The molecule has 94 valence electrons. The molecule has 0 unspecified atom stereocenters. The average molecular weight is 306 g/mol. The van der Waals surface area contributed by atoms with E-state index >= 15 is 0 Å². The average Bonchev–Trinajstić information content (AvgIpc) is 2.40. The van der Waals surface area contributed by atoms with Gasteiger partial charge in [-0.2, -0.15) is 0 Å². The lowest BCUT2D eigenvalue weighted by Gasteiger charge is -2.20. The zero-order valence-corrected chi connectivity index (χ0v) is 12.1. The molecular formula is C15H16BrNO. The Hall–Kier alpha value is -1.48. The van der Waals surface area contributed by atoms with Gasteiger partial charge in [0.1, 0.15) is 5.75 Å². The minimum atomic E-state index is 0.812. The molecule has 0 fully saturated rings. The Bertz CT molecular complexity index is 513. The van der Waals surface area contributed by atoms with Crippen LogP contribution < -0.4 is 9.64 Å². The third-order valence-electron chi connectivity index (χ3n) is 2.85. The SMILES string of the molecule is COc1ccc(Br)cc1CN(C)c1ccccc1. The molecule has 2 aromatic rings. The zero-order chi connectivity index (χ0) is 13.0. The highest BCUT2D eigenvalue weighted by Crippen LogP contribution is 2.25. The summed E-state index contributed by atoms with van der Waals surface area (Å²) >= 11 is 3.50. The molecule has 0 aliphatic carbocycles. The molecular weight excluding hydrogens is 290 g/mol. The van der Waals surface area contributed by atoms with Crippen molar-refractivity contribution in [1.29, 1.82) is 0 Å². The van der Waals surface area contributed by atoms with Gasteiger partial charge >= 0.3 is 0 Å². The lowest BCUT2D eigenvalue weighted by atomic mass is 10.2. The summed E-state index contributed by atoms with van der Waals surface area (Å²) in [4.78, 5) is 2.20. The van der Waals surface area contributed by atoms with Crippen molar-refractivity contribution in [3.8, 4) is 5.75 Å². The van der Waals surface area contributed by atoms with Crippen LogP contribution in [-0.2, 0) is 6.54 Å². The molecule has 0 radical (unpaired) electrons. The summed E-state index contributed by atoms with van der Waals surface area (Å²) in [5, 5.41) is 0. The Morgan fingerprint density at radius 2 is 1.83 bits per heavy atom. The predicted molar refractivity (Wildman–Crippen MR) is 79.2 cm³/mol. The maximum Gasteiger partial charge on any atom is 0.123 e. The molecule has 18 heavy (non-hydrogen) atoms. The van der Waals surface area contributed by atoms with Crippen LogP contribution in [0.3, 0.4) is 0 Å². The van der Waals surface area contributed by atoms with Gasteiger partial charge in [0.2, 0.25) is 0 Å². The van der Waals surface area contributed by atoms with Crippen molar-refractivity contribution in [2.45, 2.75) is 6.54 Å². The number of para-hydroxylation sites is 1. The molecule has 0 amide bonds. The van der Waals surface area contributed by atoms with E-state index in [2.05, 4.69) is 46.1 Å². The van der Waals surface area contributed by atoms with E-state index in [1.165, 1.54) is 11.3 Å². The fraction of sp³-hybridized carbons (Fsp3) is 0.200. The molecule has 0 bridgehead atoms. The van der Waals surface area contributed by atoms with Crippen LogP contribution in [0.2, 0.25) is 0 Å². The Morgan fingerprint density at radius 3 is 2.50 bits per heavy atom. The Morgan fingerprint density at radius 1 is 1.11 bits per heavy atom. The normalized spacial score (nSPS) is 10.2. The summed E-state index contributed by atoms with van der Waals surface area (Å²) in [5.74, 6) is 0.918. The monoisotopic (exact) mass is 305 g/mol. The zero-order valence-electron chi connectivity index (χ0n) is 10.6. The highest BCUT2D eigenvalue weighted by molar-refractivity contribution is 9.10. The standard InChI is InChI=1S/C15H16BrNO/c1-17(14-6-4-3-5-7-14)11-12-10-13(16)8-9-15(12)18-2/h3-10H,11H2,1-2H3. The first kappa shape index (κ1) is 13.0. The van der Waals surface area contributed by atoms with Crippen LogP contribution in [0.15, 0.2) is 53.0 Å². The Labute approximate surface area is 116 Å². The van der Waals surface area contributed by atoms with Gasteiger partial charge in [-0.3, -0.25) is 0 Å². The van der Waals surface area contributed by atoms with Gasteiger partial charge in [-0.05, 0) is 30.3 Å². The maximum atomic E-state index is 5.39. The number of hydrogen-bond donors (Lipinski definition) is 0. The highest BCUT2D eigenvalue weighted by Gasteiger charge is 2.07. The predicted octanol–water partition coefficient (Wildman–Crippen LogP) is 4.09. The second-order valence-corrected chi connectivity index (χ2v) is 5.06. The van der Waals surface area contributed by atoms with Crippen LogP contribution in [0.1, 0.15) is 5.56 Å². The van der Waals surface area contributed by atoms with Gasteiger partial charge in [0.15, 0.2) is 0 Å². The van der Waals surface area contributed by atoms with E-state index in [0.29, 0.717) is 0 Å². The van der Waals surface area contributed by atoms with E-state index in [-0.39, 0.29) is 0 Å². The Balaban J connectivity index is 2.21. The number of benzene rings is 2. The van der Waals surface area contributed by atoms with Crippen LogP contribution in [0, 0.1) is 0 Å². The number of anilines is 1. The van der Waals surface area contributed by atoms with Gasteiger partial charge in [-0.1, -0.05) is 34.1 Å². The topological polar surface area (TPSA) is 12.5 Å². The molecule has 2 rings (SSSR count). The van der Waals surface area contributed by atoms with E-state index in [4.69, 9.17) is 4.74 Å². The molecule has 0 aliphatic heterocycles. The van der Waals surface area contributed by atoms with E-state index in [1.807, 2.05) is 30.3 Å². The summed E-state index contributed by atoms with van der Waals surface area (Å²) in [6, 6.07) is 16.4. The van der Waals surface area contributed by atoms with E-state index in [1.54, 1.807) is 7.11 Å². The van der Waals surface area contributed by atoms with Crippen LogP contribution >= 0.6 is 15.9 Å². The number of ether oxygens (including phenoxy) is 1. The quantitative estimate of drug-likeness (QED) is 0.843. The fourth-order valence-electron chi connectivity index (χ4n) is 1.90. The van der Waals surface area contributed by atoms with Crippen molar-refractivity contribution in [1.82, 2.24) is 0 Å². The van der Waals surface area contributed by atoms with Crippen LogP contribution in [0.4, 0.5) is 5.69 Å². The third-order valence-corrected chi connectivity index (χ3v) is 3.34. The number of hydrogen-bond acceptors (Lipinski definition) is 2. The van der Waals surface area contributed by atoms with Gasteiger partial charge in [0.05, 0.1) is 7.11 Å². The molecule has 2 nitrogen and oxygen atoms in total. The fourth-order valence-corrected chi connectivity index (χ4v) is 2.31. The van der Waals surface area contributed by atoms with Crippen molar-refractivity contribution >= 4 is 21.6 Å². The molecule has 0 spiro atoms. The minimum Gasteiger partial charge on any atom is -0.496 e. The first-order chi connectivity index (χ1) is 8.70. The molecule has 0 aromatic heterocycles. The van der Waals surface area contributed by atoms with Crippen molar-refractivity contribution in [3.63, 3.8) is 0 Å². The lowest BCUT2D eigenvalue weighted by molar-refractivity contribution is 0.409. The second kappa shape index (κ2) is 5.91. The molecule has 0 aliphatic rings. The summed E-state index contributed by atoms with van der Waals surface area (Å²) in [7, 11) is 3.78. The molecule has 2 aromatic carbocycles. The van der Waals surface area contributed by atoms with Crippen LogP contribution in [0.5, 0.6) is 5.75 Å². The van der Waals surface area contributed by atoms with Crippen molar-refractivity contribution in [2.75, 3.05) is 19.1 Å². The lowest BCUT2D eigenvalue weighted by Crippen LogP contribution is -2.16. The van der Waals surface area contributed by atoms with Gasteiger partial charge in [0.25, 0.3) is 0 Å². The van der Waals surface area contributed by atoms with Crippen LogP contribution in [0.25, 0.3) is 0 Å². The summed E-state index contributed by atoms with van der Waals surface area (Å²) in [5.41, 5.74) is 2.36. The largest absolute Gasteiger partial charge is 0.496 e. The van der Waals surface area contributed by atoms with Gasteiger partial charge in [0, 0.05) is 29.3 Å². The van der Waals surface area contributed by atoms with Crippen molar-refractivity contribution in [2.24, 2.45) is 0 Å². The van der Waals surface area contributed by atoms with Gasteiger partial charge in [-0.15, -0.1) is 0 Å².